The maximum Gasteiger partial charge on any atom is 0.262 e. The van der Waals surface area contributed by atoms with Crippen LogP contribution in [0.1, 0.15) is 34.5 Å². The highest BCUT2D eigenvalue weighted by Crippen LogP contribution is 2.50. The van der Waals surface area contributed by atoms with Crippen LogP contribution in [0.3, 0.4) is 0 Å². The van der Waals surface area contributed by atoms with Gasteiger partial charge in [-0.2, -0.15) is 0 Å². The molecular formula is C21H19NO7S. The molecular weight excluding hydrogens is 410 g/mol. The summed E-state index contributed by atoms with van der Waals surface area (Å²) in [5.41, 5.74) is 0.476. The van der Waals surface area contributed by atoms with Crippen LogP contribution in [-0.4, -0.2) is 36.0 Å². The second kappa shape index (κ2) is 7.21. The minimum atomic E-state index is -4.15. The van der Waals surface area contributed by atoms with Gasteiger partial charge in [-0.1, -0.05) is 30.3 Å². The van der Waals surface area contributed by atoms with Crippen LogP contribution < -0.4 is 9.46 Å². The number of sulfonamides is 1. The van der Waals surface area contributed by atoms with Crippen molar-refractivity contribution in [2.45, 2.75) is 17.1 Å². The zero-order valence-corrected chi connectivity index (χ0v) is 16.6. The van der Waals surface area contributed by atoms with E-state index in [-0.39, 0.29) is 21.7 Å². The molecule has 4 rings (SSSR count). The molecule has 1 aliphatic carbocycles. The molecule has 0 bridgehead atoms. The third-order valence-corrected chi connectivity index (χ3v) is 6.46. The van der Waals surface area contributed by atoms with Crippen LogP contribution in [0.15, 0.2) is 59.5 Å². The number of anilines is 1. The molecule has 0 spiro atoms. The first-order valence-electron chi connectivity index (χ1n) is 8.95. The molecule has 0 amide bonds. The van der Waals surface area contributed by atoms with Gasteiger partial charge in [-0.25, -0.2) is 8.42 Å². The molecule has 0 radical (unpaired) electrons. The molecule has 2 atom stereocenters. The zero-order valence-electron chi connectivity index (χ0n) is 15.8. The molecule has 0 heterocycles. The largest absolute Gasteiger partial charge is 0.504 e. The quantitative estimate of drug-likeness (QED) is 0.402. The predicted octanol–water partition coefficient (Wildman–Crippen LogP) is 2.38. The van der Waals surface area contributed by atoms with Crippen LogP contribution >= 0.6 is 0 Å². The summed E-state index contributed by atoms with van der Waals surface area (Å²) in [6, 6.07) is 13.5. The highest BCUT2D eigenvalue weighted by atomic mass is 32.2. The van der Waals surface area contributed by atoms with E-state index in [9.17, 15) is 28.8 Å². The standard InChI is InChI=1S/C21H19NO7S/c1-29-11-5-4-6-12(9-11)30(27,28)22-16-10-15-17(21(26)20(16)25)19(24)14-8-3-2-7-13(14)18(15)23/h2-10,18-19,22-26H,1H3. The minimum Gasteiger partial charge on any atom is -0.504 e. The number of methoxy groups -OCH3 is 1. The van der Waals surface area contributed by atoms with Crippen molar-refractivity contribution in [2.75, 3.05) is 11.8 Å². The molecule has 1 aliphatic rings. The van der Waals surface area contributed by atoms with Crippen molar-refractivity contribution in [1.82, 2.24) is 0 Å². The Hall–Kier alpha value is -3.27. The highest BCUT2D eigenvalue weighted by molar-refractivity contribution is 7.92. The topological polar surface area (TPSA) is 136 Å². The van der Waals surface area contributed by atoms with E-state index in [2.05, 4.69) is 4.72 Å². The van der Waals surface area contributed by atoms with E-state index in [4.69, 9.17) is 4.74 Å². The van der Waals surface area contributed by atoms with E-state index in [1.165, 1.54) is 31.4 Å². The number of hydrogen-bond acceptors (Lipinski definition) is 7. The van der Waals surface area contributed by atoms with Crippen LogP contribution in [-0.2, 0) is 10.0 Å². The molecule has 3 aromatic carbocycles. The average Bonchev–Trinajstić information content (AvgIpc) is 2.75. The number of phenols is 2. The van der Waals surface area contributed by atoms with Crippen LogP contribution in [0.5, 0.6) is 17.2 Å². The van der Waals surface area contributed by atoms with Gasteiger partial charge in [0.2, 0.25) is 0 Å². The first-order valence-corrected chi connectivity index (χ1v) is 10.4. The fraction of sp³-hybridized carbons (Fsp3) is 0.143. The molecule has 9 heteroatoms. The molecule has 0 saturated heterocycles. The second-order valence-corrected chi connectivity index (χ2v) is 8.53. The summed E-state index contributed by atoms with van der Waals surface area (Å²) in [7, 11) is -2.75. The van der Waals surface area contributed by atoms with Gasteiger partial charge in [-0.15, -0.1) is 0 Å². The Kier molecular flexibility index (Phi) is 4.81. The smallest absolute Gasteiger partial charge is 0.262 e. The summed E-state index contributed by atoms with van der Waals surface area (Å²) >= 11 is 0. The lowest BCUT2D eigenvalue weighted by Crippen LogP contribution is -2.19. The molecule has 0 aromatic heterocycles. The fourth-order valence-corrected chi connectivity index (χ4v) is 4.68. The lowest BCUT2D eigenvalue weighted by atomic mass is 9.81. The number of ether oxygens (including phenoxy) is 1. The number of aromatic hydroxyl groups is 2. The maximum atomic E-state index is 12.8. The number of aliphatic hydroxyl groups excluding tert-OH is 2. The van der Waals surface area contributed by atoms with Crippen molar-refractivity contribution in [3.05, 3.63) is 76.9 Å². The van der Waals surface area contributed by atoms with Crippen LogP contribution in [0.4, 0.5) is 5.69 Å². The lowest BCUT2D eigenvalue weighted by Gasteiger charge is -2.30. The fourth-order valence-electron chi connectivity index (χ4n) is 3.59. The van der Waals surface area contributed by atoms with Gasteiger partial charge in [0.25, 0.3) is 10.0 Å². The highest BCUT2D eigenvalue weighted by Gasteiger charge is 2.35. The van der Waals surface area contributed by atoms with E-state index in [0.717, 1.165) is 0 Å². The van der Waals surface area contributed by atoms with E-state index in [1.54, 1.807) is 30.3 Å². The molecule has 0 aliphatic heterocycles. The van der Waals surface area contributed by atoms with Gasteiger partial charge in [0.05, 0.1) is 17.7 Å². The van der Waals surface area contributed by atoms with Crippen molar-refractivity contribution in [1.29, 1.82) is 0 Å². The molecule has 0 fully saturated rings. The summed E-state index contributed by atoms with van der Waals surface area (Å²) < 4.78 is 32.8. The molecule has 30 heavy (non-hydrogen) atoms. The van der Waals surface area contributed by atoms with Gasteiger partial charge in [-0.05, 0) is 34.9 Å². The number of benzene rings is 3. The normalized spacial score (nSPS) is 17.7. The summed E-state index contributed by atoms with van der Waals surface area (Å²) in [6.07, 6.45) is -2.53. The Morgan fingerprint density at radius 3 is 2.20 bits per heavy atom. The summed E-state index contributed by atoms with van der Waals surface area (Å²) in [5, 5.41) is 42.4. The number of aliphatic hydroxyl groups is 2. The molecule has 3 aromatic rings. The zero-order chi connectivity index (χ0) is 21.6. The average molecular weight is 429 g/mol. The number of nitrogens with one attached hydrogen (secondary N) is 1. The van der Waals surface area contributed by atoms with Crippen molar-refractivity contribution >= 4 is 15.7 Å². The summed E-state index contributed by atoms with van der Waals surface area (Å²) in [4.78, 5) is -0.121. The van der Waals surface area contributed by atoms with Gasteiger partial charge in [0, 0.05) is 11.6 Å². The van der Waals surface area contributed by atoms with Crippen molar-refractivity contribution < 1.29 is 33.6 Å². The molecule has 8 nitrogen and oxygen atoms in total. The molecule has 0 saturated carbocycles. The molecule has 156 valence electrons. The van der Waals surface area contributed by atoms with E-state index in [1.807, 2.05) is 0 Å². The molecule has 2 unspecified atom stereocenters. The van der Waals surface area contributed by atoms with E-state index < -0.39 is 33.7 Å². The Morgan fingerprint density at radius 1 is 0.867 bits per heavy atom. The van der Waals surface area contributed by atoms with Crippen LogP contribution in [0.2, 0.25) is 0 Å². The Morgan fingerprint density at radius 2 is 1.53 bits per heavy atom. The second-order valence-electron chi connectivity index (χ2n) is 6.84. The van der Waals surface area contributed by atoms with Gasteiger partial charge in [-0.3, -0.25) is 4.72 Å². The van der Waals surface area contributed by atoms with Gasteiger partial charge in [0.15, 0.2) is 11.5 Å². The lowest BCUT2D eigenvalue weighted by molar-refractivity contribution is 0.169. The van der Waals surface area contributed by atoms with E-state index >= 15 is 0 Å². The number of rotatable bonds is 4. The number of hydrogen-bond donors (Lipinski definition) is 5. The maximum absolute atomic E-state index is 12.8. The monoisotopic (exact) mass is 429 g/mol. The van der Waals surface area contributed by atoms with Crippen LogP contribution in [0.25, 0.3) is 0 Å². The van der Waals surface area contributed by atoms with Gasteiger partial charge >= 0.3 is 0 Å². The Bertz CT molecular complexity index is 1240. The summed E-state index contributed by atoms with van der Waals surface area (Å²) in [5.74, 6) is -1.15. The third kappa shape index (κ3) is 3.13. The molecule has 5 N–H and O–H groups in total. The van der Waals surface area contributed by atoms with Crippen molar-refractivity contribution in [3.63, 3.8) is 0 Å². The predicted molar refractivity (Wildman–Crippen MR) is 108 cm³/mol. The Labute approximate surface area is 172 Å². The first kappa shape index (κ1) is 20.0. The third-order valence-electron chi connectivity index (χ3n) is 5.09. The van der Waals surface area contributed by atoms with Crippen molar-refractivity contribution in [2.24, 2.45) is 0 Å². The van der Waals surface area contributed by atoms with Crippen molar-refractivity contribution in [3.8, 4) is 17.2 Å². The SMILES string of the molecule is COc1cccc(S(=O)(=O)Nc2cc3c(c(O)c2O)C(O)c2ccccc2C3O)c1. The Balaban J connectivity index is 1.81. The minimum absolute atomic E-state index is 0.0805. The first-order chi connectivity index (χ1) is 14.2. The van der Waals surface area contributed by atoms with Crippen LogP contribution in [0, 0.1) is 0 Å². The number of phenolic OH excluding ortho intramolecular Hbond substituents is 2. The van der Waals surface area contributed by atoms with E-state index in [0.29, 0.717) is 16.9 Å². The summed E-state index contributed by atoms with van der Waals surface area (Å²) in [6.45, 7) is 0. The van der Waals surface area contributed by atoms with Gasteiger partial charge < -0.3 is 25.2 Å². The van der Waals surface area contributed by atoms with Gasteiger partial charge in [0.1, 0.15) is 18.0 Å². The number of fused-ring (bicyclic) bond motifs is 2.